The number of epoxide rings is 2. The van der Waals surface area contributed by atoms with Gasteiger partial charge in [-0.2, -0.15) is 0 Å². The normalized spacial score (nSPS) is 16.9. The molecule has 0 saturated carbocycles. The molecule has 0 aliphatic carbocycles. The highest BCUT2D eigenvalue weighted by Gasteiger charge is 2.23. The second-order valence-electron chi connectivity index (χ2n) is 10.0. The van der Waals surface area contributed by atoms with Gasteiger partial charge in [-0.05, 0) is 70.8 Å². The van der Waals surface area contributed by atoms with Gasteiger partial charge < -0.3 is 28.4 Å². The van der Waals surface area contributed by atoms with Gasteiger partial charge in [-0.25, -0.2) is 0 Å². The Kier molecular flexibility index (Phi) is 7.37. The molecule has 0 bridgehead atoms. The molecule has 2 aliphatic heterocycles. The van der Waals surface area contributed by atoms with Crippen LogP contribution in [0.25, 0.3) is 22.3 Å². The molecule has 3 heterocycles. The topological polar surface area (TPSA) is 87.8 Å². The van der Waals surface area contributed by atoms with E-state index in [1.165, 1.54) is 0 Å². The van der Waals surface area contributed by atoms with Crippen molar-refractivity contribution in [2.45, 2.75) is 12.2 Å². The third-order valence-electron chi connectivity index (χ3n) is 6.82. The smallest absolute Gasteiger partial charge is 0.239 e. The van der Waals surface area contributed by atoms with E-state index in [0.29, 0.717) is 36.5 Å². The van der Waals surface area contributed by atoms with Crippen molar-refractivity contribution in [3.8, 4) is 57.0 Å². The van der Waals surface area contributed by atoms with Gasteiger partial charge in [0.1, 0.15) is 48.4 Å². The molecular weight excluding hydrogens is 532 g/mol. The van der Waals surface area contributed by atoms with E-state index in [1.54, 1.807) is 12.1 Å². The number of hydrogen-bond acceptors (Lipinski definition) is 8. The lowest BCUT2D eigenvalue weighted by Gasteiger charge is -2.09. The summed E-state index contributed by atoms with van der Waals surface area (Å²) in [5.41, 5.74) is 4.33. The number of ether oxygens (including phenoxy) is 6. The number of benzene rings is 4. The molecular formula is C34H28N2O6. The summed E-state index contributed by atoms with van der Waals surface area (Å²) in [4.78, 5) is 0. The summed E-state index contributed by atoms with van der Waals surface area (Å²) in [6, 6.07) is 35.1. The first-order chi connectivity index (χ1) is 20.7. The van der Waals surface area contributed by atoms with Gasteiger partial charge in [0.15, 0.2) is 0 Å². The summed E-state index contributed by atoms with van der Waals surface area (Å²) in [5.74, 6) is 3.76. The molecule has 2 atom stereocenters. The lowest BCUT2D eigenvalue weighted by molar-refractivity contribution is 0.263. The Morgan fingerprint density at radius 2 is 0.762 bits per heavy atom. The third-order valence-corrected chi connectivity index (χ3v) is 6.82. The van der Waals surface area contributed by atoms with Gasteiger partial charge in [-0.15, -0.1) is 10.2 Å². The Labute approximate surface area is 243 Å². The zero-order valence-corrected chi connectivity index (χ0v) is 22.7. The van der Waals surface area contributed by atoms with Gasteiger partial charge in [0.25, 0.3) is 0 Å². The maximum Gasteiger partial charge on any atom is 0.239 e. The van der Waals surface area contributed by atoms with Crippen LogP contribution in [0, 0.1) is 0 Å². The van der Waals surface area contributed by atoms with E-state index >= 15 is 0 Å². The van der Waals surface area contributed by atoms with E-state index in [0.717, 1.165) is 47.0 Å². The highest BCUT2D eigenvalue weighted by atomic mass is 16.6. The number of hydrogen-bond donors (Lipinski definition) is 0. The molecule has 1 aromatic heterocycles. The average Bonchev–Trinajstić information content (AvgIpc) is 3.98. The van der Waals surface area contributed by atoms with Crippen molar-refractivity contribution in [3.05, 3.63) is 109 Å². The van der Waals surface area contributed by atoms with Gasteiger partial charge in [0, 0.05) is 12.1 Å². The Bertz CT molecular complexity index is 1470. The Balaban J connectivity index is 0.911. The first kappa shape index (κ1) is 26.0. The summed E-state index contributed by atoms with van der Waals surface area (Å²) in [7, 11) is 0. The molecule has 2 unspecified atom stereocenters. The van der Waals surface area contributed by atoms with Gasteiger partial charge in [0.2, 0.25) is 11.8 Å². The lowest BCUT2D eigenvalue weighted by Crippen LogP contribution is -2.03. The van der Waals surface area contributed by atoms with E-state index in [2.05, 4.69) is 10.2 Å². The second kappa shape index (κ2) is 11.9. The Hall–Kier alpha value is -4.92. The Morgan fingerprint density at radius 1 is 0.452 bits per heavy atom. The van der Waals surface area contributed by atoms with Crippen LogP contribution in [0.4, 0.5) is 0 Å². The minimum absolute atomic E-state index is 0.243. The molecule has 4 aromatic carbocycles. The van der Waals surface area contributed by atoms with Crippen LogP contribution in [-0.4, -0.2) is 48.8 Å². The van der Waals surface area contributed by atoms with Gasteiger partial charge >= 0.3 is 0 Å². The highest BCUT2D eigenvalue weighted by Crippen LogP contribution is 2.29. The van der Waals surface area contributed by atoms with Crippen LogP contribution in [0.15, 0.2) is 109 Å². The molecule has 2 fully saturated rings. The zero-order valence-electron chi connectivity index (χ0n) is 22.7. The second-order valence-corrected chi connectivity index (χ2v) is 10.0. The van der Waals surface area contributed by atoms with Crippen molar-refractivity contribution in [1.82, 2.24) is 10.2 Å². The summed E-state index contributed by atoms with van der Waals surface area (Å²) >= 11 is 0. The minimum Gasteiger partial charge on any atom is -0.491 e. The van der Waals surface area contributed by atoms with Crippen molar-refractivity contribution >= 4 is 0 Å². The van der Waals surface area contributed by atoms with Gasteiger partial charge in [-0.1, -0.05) is 48.5 Å². The Morgan fingerprint density at radius 3 is 1.05 bits per heavy atom. The maximum atomic E-state index is 5.88. The van der Waals surface area contributed by atoms with Crippen molar-refractivity contribution in [2.75, 3.05) is 26.4 Å². The SMILES string of the molecule is c1cc(-c2ccc(Oc3ccc(Oc4ccc(-c5ccc(OCC6CO6)cc5)cc4)nn3)cc2)ccc1OCC1CO1. The molecule has 8 heteroatoms. The van der Waals surface area contributed by atoms with Crippen LogP contribution in [0.2, 0.25) is 0 Å². The van der Waals surface area contributed by atoms with Crippen LogP contribution in [0.1, 0.15) is 0 Å². The summed E-state index contributed by atoms with van der Waals surface area (Å²) < 4.78 is 33.5. The van der Waals surface area contributed by atoms with Crippen LogP contribution in [-0.2, 0) is 9.47 Å². The predicted molar refractivity (Wildman–Crippen MR) is 156 cm³/mol. The number of rotatable bonds is 12. The lowest BCUT2D eigenvalue weighted by atomic mass is 10.1. The summed E-state index contributed by atoms with van der Waals surface area (Å²) in [6.07, 6.45) is 0.485. The molecule has 210 valence electrons. The van der Waals surface area contributed by atoms with E-state index < -0.39 is 0 Å². The van der Waals surface area contributed by atoms with Crippen LogP contribution in [0.3, 0.4) is 0 Å². The van der Waals surface area contributed by atoms with Gasteiger partial charge in [0.05, 0.1) is 13.2 Å². The van der Waals surface area contributed by atoms with E-state index in [1.807, 2.05) is 97.1 Å². The van der Waals surface area contributed by atoms with Gasteiger partial charge in [-0.3, -0.25) is 0 Å². The largest absolute Gasteiger partial charge is 0.491 e. The predicted octanol–water partition coefficient (Wildman–Crippen LogP) is 6.95. The monoisotopic (exact) mass is 560 g/mol. The molecule has 5 aromatic rings. The van der Waals surface area contributed by atoms with E-state index in [9.17, 15) is 0 Å². The summed E-state index contributed by atoms with van der Waals surface area (Å²) in [5, 5.41) is 8.32. The molecule has 0 radical (unpaired) electrons. The fourth-order valence-corrected chi connectivity index (χ4v) is 4.28. The van der Waals surface area contributed by atoms with Crippen LogP contribution < -0.4 is 18.9 Å². The molecule has 8 nitrogen and oxygen atoms in total. The molecule has 2 saturated heterocycles. The van der Waals surface area contributed by atoms with Crippen LogP contribution in [0.5, 0.6) is 34.8 Å². The van der Waals surface area contributed by atoms with Crippen molar-refractivity contribution in [3.63, 3.8) is 0 Å². The van der Waals surface area contributed by atoms with E-state index in [4.69, 9.17) is 28.4 Å². The fourth-order valence-electron chi connectivity index (χ4n) is 4.28. The molecule has 0 N–H and O–H groups in total. The first-order valence-electron chi connectivity index (χ1n) is 13.8. The van der Waals surface area contributed by atoms with Crippen molar-refractivity contribution in [2.24, 2.45) is 0 Å². The third kappa shape index (κ3) is 6.86. The van der Waals surface area contributed by atoms with Crippen molar-refractivity contribution in [1.29, 1.82) is 0 Å². The molecule has 0 amide bonds. The maximum absolute atomic E-state index is 5.88. The standard InChI is InChI=1S/C34H28N2O6/c1-9-27(37-19-31-21-39-31)10-2-23(1)25-5-13-29(14-6-25)41-33-17-18-34(36-35-33)42-30-15-7-26(8-16-30)24-3-11-28(12-4-24)38-20-32-22-40-32/h1-18,31-32H,19-22H2. The molecule has 7 rings (SSSR count). The quantitative estimate of drug-likeness (QED) is 0.152. The highest BCUT2D eigenvalue weighted by molar-refractivity contribution is 5.66. The zero-order chi connectivity index (χ0) is 28.1. The number of aromatic nitrogens is 2. The molecule has 42 heavy (non-hydrogen) atoms. The van der Waals surface area contributed by atoms with Crippen LogP contribution >= 0.6 is 0 Å². The average molecular weight is 561 g/mol. The fraction of sp³-hybridized carbons (Fsp3) is 0.176. The van der Waals surface area contributed by atoms with Crippen molar-refractivity contribution < 1.29 is 28.4 Å². The minimum atomic E-state index is 0.243. The molecule has 0 spiro atoms. The molecule has 2 aliphatic rings. The summed E-state index contributed by atoms with van der Waals surface area (Å²) in [6.45, 7) is 2.77. The van der Waals surface area contributed by atoms with E-state index in [-0.39, 0.29) is 12.2 Å². The first-order valence-corrected chi connectivity index (χ1v) is 13.8. The number of nitrogens with zero attached hydrogens (tertiary/aromatic N) is 2.